The molecule has 0 spiro atoms. The van der Waals surface area contributed by atoms with Gasteiger partial charge in [0.2, 0.25) is 0 Å². The van der Waals surface area contributed by atoms with Crippen molar-refractivity contribution in [2.24, 2.45) is 0 Å². The van der Waals surface area contributed by atoms with Crippen LogP contribution in [0.25, 0.3) is 0 Å². The van der Waals surface area contributed by atoms with E-state index in [2.05, 4.69) is 6.92 Å². The minimum atomic E-state index is -0.0488. The molecular weight excluding hydrogens is 196 g/mol. The average Bonchev–Trinajstić information content (AvgIpc) is 2.18. The van der Waals surface area contributed by atoms with Gasteiger partial charge in [0.05, 0.1) is 0 Å². The molecular formula is C11H16O2S. The van der Waals surface area contributed by atoms with E-state index in [9.17, 15) is 5.11 Å². The summed E-state index contributed by atoms with van der Waals surface area (Å²) in [6, 6.07) is 4.99. The van der Waals surface area contributed by atoms with Gasteiger partial charge in [-0.25, -0.2) is 0 Å². The zero-order valence-corrected chi connectivity index (χ0v) is 9.18. The lowest BCUT2D eigenvalue weighted by molar-refractivity contribution is 0.403. The van der Waals surface area contributed by atoms with E-state index in [-0.39, 0.29) is 11.5 Å². The maximum absolute atomic E-state index is 9.24. The minimum absolute atomic E-state index is 0.0291. The molecule has 0 atom stereocenters. The van der Waals surface area contributed by atoms with E-state index in [1.165, 1.54) is 18.9 Å². The number of benzene rings is 1. The fourth-order valence-corrected chi connectivity index (χ4v) is 2.15. The van der Waals surface area contributed by atoms with Crippen LogP contribution in [0.2, 0.25) is 0 Å². The van der Waals surface area contributed by atoms with Crippen molar-refractivity contribution in [3.8, 4) is 11.5 Å². The van der Waals surface area contributed by atoms with E-state index in [1.54, 1.807) is 6.07 Å². The first-order chi connectivity index (χ1) is 6.74. The van der Waals surface area contributed by atoms with Gasteiger partial charge < -0.3 is 10.2 Å². The molecule has 1 aromatic rings. The second kappa shape index (κ2) is 5.81. The van der Waals surface area contributed by atoms with Crippen LogP contribution >= 0.6 is 11.8 Å². The number of phenolic OH excluding ortho intramolecular Hbond substituents is 2. The van der Waals surface area contributed by atoms with Crippen molar-refractivity contribution in [2.75, 3.05) is 5.75 Å². The van der Waals surface area contributed by atoms with E-state index >= 15 is 0 Å². The van der Waals surface area contributed by atoms with E-state index in [4.69, 9.17) is 5.11 Å². The van der Waals surface area contributed by atoms with Crippen LogP contribution in [0.5, 0.6) is 11.5 Å². The van der Waals surface area contributed by atoms with Crippen molar-refractivity contribution in [2.45, 2.75) is 25.5 Å². The molecule has 0 fully saturated rings. The third-order valence-corrected chi connectivity index (χ3v) is 3.07. The summed E-state index contributed by atoms with van der Waals surface area (Å²) in [5.74, 6) is 1.97. The Morgan fingerprint density at radius 1 is 1.21 bits per heavy atom. The number of hydrogen-bond donors (Lipinski definition) is 2. The highest BCUT2D eigenvalue weighted by atomic mass is 32.2. The third-order valence-electron chi connectivity index (χ3n) is 1.95. The van der Waals surface area contributed by atoms with Gasteiger partial charge in [-0.15, -0.1) is 0 Å². The van der Waals surface area contributed by atoms with Gasteiger partial charge in [0, 0.05) is 5.75 Å². The van der Waals surface area contributed by atoms with Gasteiger partial charge in [0.25, 0.3) is 0 Å². The molecule has 0 bridgehead atoms. The summed E-state index contributed by atoms with van der Waals surface area (Å²) in [6.45, 7) is 2.17. The second-order valence-corrected chi connectivity index (χ2v) is 4.33. The van der Waals surface area contributed by atoms with Gasteiger partial charge in [0.1, 0.15) is 0 Å². The molecule has 0 aliphatic heterocycles. The summed E-state index contributed by atoms with van der Waals surface area (Å²) in [4.78, 5) is 0. The van der Waals surface area contributed by atoms with Crippen molar-refractivity contribution in [1.29, 1.82) is 0 Å². The Kier molecular flexibility index (Phi) is 4.66. The first-order valence-electron chi connectivity index (χ1n) is 4.82. The minimum Gasteiger partial charge on any atom is -0.504 e. The summed E-state index contributed by atoms with van der Waals surface area (Å²) in [5, 5.41) is 18.3. The summed E-state index contributed by atoms with van der Waals surface area (Å²) >= 11 is 1.85. The van der Waals surface area contributed by atoms with Crippen LogP contribution in [0.1, 0.15) is 25.3 Å². The Balaban J connectivity index is 2.39. The SMILES string of the molecule is CCCCSCc1ccc(O)c(O)c1. The monoisotopic (exact) mass is 212 g/mol. The summed E-state index contributed by atoms with van der Waals surface area (Å²) in [6.07, 6.45) is 2.45. The molecule has 0 aromatic heterocycles. The highest BCUT2D eigenvalue weighted by molar-refractivity contribution is 7.98. The van der Waals surface area contributed by atoms with E-state index in [0.717, 1.165) is 17.1 Å². The summed E-state index contributed by atoms with van der Waals surface area (Å²) in [5.41, 5.74) is 1.06. The highest BCUT2D eigenvalue weighted by Gasteiger charge is 2.00. The van der Waals surface area contributed by atoms with Crippen molar-refractivity contribution in [3.63, 3.8) is 0 Å². The summed E-state index contributed by atoms with van der Waals surface area (Å²) < 4.78 is 0. The topological polar surface area (TPSA) is 40.5 Å². The molecule has 78 valence electrons. The lowest BCUT2D eigenvalue weighted by Gasteiger charge is -2.03. The van der Waals surface area contributed by atoms with Gasteiger partial charge in [-0.1, -0.05) is 19.4 Å². The number of phenols is 2. The Hall–Kier alpha value is -0.830. The molecule has 0 saturated heterocycles. The number of hydrogen-bond acceptors (Lipinski definition) is 3. The molecule has 14 heavy (non-hydrogen) atoms. The van der Waals surface area contributed by atoms with Crippen molar-refractivity contribution >= 4 is 11.8 Å². The molecule has 2 nitrogen and oxygen atoms in total. The van der Waals surface area contributed by atoms with Crippen LogP contribution in [0.3, 0.4) is 0 Å². The molecule has 0 heterocycles. The number of unbranched alkanes of at least 4 members (excludes halogenated alkanes) is 1. The number of thioether (sulfide) groups is 1. The Bertz CT molecular complexity index is 287. The van der Waals surface area contributed by atoms with Crippen LogP contribution in [0, 0.1) is 0 Å². The molecule has 0 radical (unpaired) electrons. The zero-order valence-electron chi connectivity index (χ0n) is 8.36. The molecule has 0 unspecified atom stereocenters. The normalized spacial score (nSPS) is 10.4. The van der Waals surface area contributed by atoms with Gasteiger partial charge in [-0.2, -0.15) is 11.8 Å². The van der Waals surface area contributed by atoms with E-state index < -0.39 is 0 Å². The molecule has 1 aromatic carbocycles. The molecule has 2 N–H and O–H groups in total. The standard InChI is InChI=1S/C11H16O2S/c1-2-3-6-14-8-9-4-5-10(12)11(13)7-9/h4-5,7,12-13H,2-3,6,8H2,1H3. The molecule has 3 heteroatoms. The molecule has 1 rings (SSSR count). The Labute approximate surface area is 89.0 Å². The van der Waals surface area contributed by atoms with Crippen LogP contribution < -0.4 is 0 Å². The Morgan fingerprint density at radius 3 is 2.64 bits per heavy atom. The summed E-state index contributed by atoms with van der Waals surface area (Å²) in [7, 11) is 0. The lowest BCUT2D eigenvalue weighted by atomic mass is 10.2. The Morgan fingerprint density at radius 2 is 2.00 bits per heavy atom. The number of aromatic hydroxyl groups is 2. The molecule has 0 saturated carbocycles. The van der Waals surface area contributed by atoms with Crippen LogP contribution in [0.15, 0.2) is 18.2 Å². The first-order valence-corrected chi connectivity index (χ1v) is 5.98. The number of rotatable bonds is 5. The zero-order chi connectivity index (χ0) is 10.4. The third kappa shape index (κ3) is 3.50. The van der Waals surface area contributed by atoms with Crippen LogP contribution in [0.4, 0.5) is 0 Å². The maximum Gasteiger partial charge on any atom is 0.157 e. The molecule has 0 aliphatic rings. The predicted octanol–water partition coefficient (Wildman–Crippen LogP) is 3.13. The smallest absolute Gasteiger partial charge is 0.157 e. The van der Waals surface area contributed by atoms with Gasteiger partial charge in [0.15, 0.2) is 11.5 Å². The molecule has 0 aliphatic carbocycles. The van der Waals surface area contributed by atoms with Crippen LogP contribution in [-0.2, 0) is 5.75 Å². The van der Waals surface area contributed by atoms with Gasteiger partial charge in [-0.3, -0.25) is 0 Å². The largest absolute Gasteiger partial charge is 0.504 e. The van der Waals surface area contributed by atoms with E-state index in [1.807, 2.05) is 17.8 Å². The maximum atomic E-state index is 9.24. The van der Waals surface area contributed by atoms with Crippen molar-refractivity contribution in [3.05, 3.63) is 23.8 Å². The van der Waals surface area contributed by atoms with Gasteiger partial charge in [-0.05, 0) is 29.9 Å². The lowest BCUT2D eigenvalue weighted by Crippen LogP contribution is -1.83. The van der Waals surface area contributed by atoms with E-state index in [0.29, 0.717) is 0 Å². The average molecular weight is 212 g/mol. The highest BCUT2D eigenvalue weighted by Crippen LogP contribution is 2.26. The van der Waals surface area contributed by atoms with Crippen molar-refractivity contribution in [1.82, 2.24) is 0 Å². The predicted molar refractivity (Wildman–Crippen MR) is 60.8 cm³/mol. The second-order valence-electron chi connectivity index (χ2n) is 3.23. The molecule has 0 amide bonds. The fraction of sp³-hybridized carbons (Fsp3) is 0.455. The van der Waals surface area contributed by atoms with Crippen molar-refractivity contribution < 1.29 is 10.2 Å². The van der Waals surface area contributed by atoms with Crippen LogP contribution in [-0.4, -0.2) is 16.0 Å². The fourth-order valence-electron chi connectivity index (χ4n) is 1.10. The quantitative estimate of drug-likeness (QED) is 0.582. The van der Waals surface area contributed by atoms with Gasteiger partial charge >= 0.3 is 0 Å². The first kappa shape index (κ1) is 11.2.